The normalized spacial score (nSPS) is 18.8. The van der Waals surface area contributed by atoms with Crippen molar-refractivity contribution in [2.45, 2.75) is 12.0 Å². The van der Waals surface area contributed by atoms with Crippen LogP contribution in [0.1, 0.15) is 17.5 Å². The molecule has 4 nitrogen and oxygen atoms in total. The zero-order valence-electron chi connectivity index (χ0n) is 15.2. The van der Waals surface area contributed by atoms with Crippen LogP contribution in [0.4, 0.5) is 5.69 Å². The van der Waals surface area contributed by atoms with Crippen molar-refractivity contribution >= 4 is 39.4 Å². The van der Waals surface area contributed by atoms with E-state index in [1.165, 1.54) is 11.0 Å². The average Bonchev–Trinajstić information content (AvgIpc) is 2.88. The Morgan fingerprint density at radius 3 is 2.64 bits per heavy atom. The molecule has 0 saturated heterocycles. The van der Waals surface area contributed by atoms with Crippen LogP contribution in [0.15, 0.2) is 83.9 Å². The maximum absolute atomic E-state index is 12.9. The molecule has 0 aliphatic carbocycles. The van der Waals surface area contributed by atoms with Gasteiger partial charge in [0.25, 0.3) is 5.91 Å². The summed E-state index contributed by atoms with van der Waals surface area (Å²) in [6.07, 6.45) is 7.88. The lowest BCUT2D eigenvalue weighted by atomic mass is 9.90. The molecular weight excluding hydrogens is 418 g/mol. The van der Waals surface area contributed by atoms with E-state index in [2.05, 4.69) is 22.5 Å². The summed E-state index contributed by atoms with van der Waals surface area (Å²) in [7, 11) is 0. The maximum atomic E-state index is 12.9. The monoisotopic (exact) mass is 437 g/mol. The molecule has 1 heterocycles. The van der Waals surface area contributed by atoms with Crippen LogP contribution in [0.3, 0.4) is 0 Å². The molecule has 1 N–H and O–H groups in total. The Morgan fingerprint density at radius 1 is 1.18 bits per heavy atom. The van der Waals surface area contributed by atoms with Crippen LogP contribution in [0.25, 0.3) is 6.08 Å². The van der Waals surface area contributed by atoms with Gasteiger partial charge in [-0.05, 0) is 29.8 Å². The number of carbonyl (C=O) groups is 2. The second kappa shape index (κ2) is 8.50. The van der Waals surface area contributed by atoms with Crippen molar-refractivity contribution in [3.05, 3.63) is 95.0 Å². The van der Waals surface area contributed by atoms with Gasteiger partial charge >= 0.3 is 0 Å². The zero-order chi connectivity index (χ0) is 20.1. The molecular formula is C23H20BrNO3. The molecule has 1 atom stereocenters. The summed E-state index contributed by atoms with van der Waals surface area (Å²) in [6, 6.07) is 14.9. The summed E-state index contributed by atoms with van der Waals surface area (Å²) in [5, 5.41) is 11.1. The van der Waals surface area contributed by atoms with Gasteiger partial charge in [0.1, 0.15) is 0 Å². The van der Waals surface area contributed by atoms with E-state index in [0.29, 0.717) is 11.3 Å². The van der Waals surface area contributed by atoms with Gasteiger partial charge in [0.15, 0.2) is 11.4 Å². The van der Waals surface area contributed by atoms with Gasteiger partial charge in [-0.25, -0.2) is 0 Å². The lowest BCUT2D eigenvalue weighted by Gasteiger charge is -2.21. The number of benzene rings is 2. The molecule has 0 radical (unpaired) electrons. The van der Waals surface area contributed by atoms with Crippen LogP contribution in [0, 0.1) is 0 Å². The number of aliphatic hydroxyl groups is 1. The second-order valence-corrected chi connectivity index (χ2v) is 7.41. The minimum atomic E-state index is -1.88. The Balaban J connectivity index is 1.78. The topological polar surface area (TPSA) is 57.6 Å². The van der Waals surface area contributed by atoms with E-state index in [0.717, 1.165) is 10.0 Å². The van der Waals surface area contributed by atoms with Gasteiger partial charge in [-0.15, -0.1) is 6.58 Å². The third kappa shape index (κ3) is 4.06. The van der Waals surface area contributed by atoms with Crippen molar-refractivity contribution < 1.29 is 14.7 Å². The number of anilines is 1. The number of rotatable bonds is 7. The minimum absolute atomic E-state index is 0.264. The smallest absolute Gasteiger partial charge is 0.264 e. The van der Waals surface area contributed by atoms with Crippen molar-refractivity contribution in [1.29, 1.82) is 0 Å². The van der Waals surface area contributed by atoms with E-state index in [1.807, 2.05) is 36.4 Å². The Bertz CT molecular complexity index is 965. The third-order valence-electron chi connectivity index (χ3n) is 4.52. The Kier molecular flexibility index (Phi) is 6.07. The highest BCUT2D eigenvalue weighted by Crippen LogP contribution is 2.43. The van der Waals surface area contributed by atoms with Crippen LogP contribution >= 0.6 is 15.9 Å². The Labute approximate surface area is 172 Å². The largest absolute Gasteiger partial charge is 0.375 e. The zero-order valence-corrected chi connectivity index (χ0v) is 16.8. The van der Waals surface area contributed by atoms with Gasteiger partial charge in [-0.2, -0.15) is 0 Å². The summed E-state index contributed by atoms with van der Waals surface area (Å²) >= 11 is 3.37. The van der Waals surface area contributed by atoms with E-state index in [1.54, 1.807) is 36.4 Å². The molecule has 2 aromatic carbocycles. The van der Waals surface area contributed by atoms with Gasteiger partial charge in [-0.3, -0.25) is 9.59 Å². The van der Waals surface area contributed by atoms with Crippen LogP contribution in [-0.4, -0.2) is 23.3 Å². The maximum Gasteiger partial charge on any atom is 0.264 e. The average molecular weight is 438 g/mol. The number of hydrogen-bond acceptors (Lipinski definition) is 3. The fraction of sp³-hybridized carbons (Fsp3) is 0.130. The van der Waals surface area contributed by atoms with Crippen molar-refractivity contribution in [3.8, 4) is 0 Å². The van der Waals surface area contributed by atoms with E-state index >= 15 is 0 Å². The number of hydrogen-bond donors (Lipinski definition) is 1. The summed E-state index contributed by atoms with van der Waals surface area (Å²) in [5.74, 6) is -0.845. The van der Waals surface area contributed by atoms with Gasteiger partial charge < -0.3 is 10.0 Å². The van der Waals surface area contributed by atoms with Crippen molar-refractivity contribution in [2.24, 2.45) is 0 Å². The first-order valence-corrected chi connectivity index (χ1v) is 9.63. The van der Waals surface area contributed by atoms with Crippen molar-refractivity contribution in [2.75, 3.05) is 11.4 Å². The fourth-order valence-electron chi connectivity index (χ4n) is 3.21. The molecule has 2 aromatic rings. The molecule has 0 fully saturated rings. The number of nitrogens with zero attached hydrogens (tertiary/aromatic N) is 1. The highest BCUT2D eigenvalue weighted by molar-refractivity contribution is 9.10. The second-order valence-electron chi connectivity index (χ2n) is 6.50. The van der Waals surface area contributed by atoms with Gasteiger partial charge in [0, 0.05) is 16.6 Å². The lowest BCUT2D eigenvalue weighted by Crippen LogP contribution is -2.41. The molecule has 0 saturated carbocycles. The SMILES string of the molecule is C=CCN1C(=O)[C@](O)(CC(=O)/C=C/C=C/c2ccccc2)c2cc(Br)ccc21. The predicted octanol–water partition coefficient (Wildman–Crippen LogP) is 4.40. The molecule has 1 amide bonds. The highest BCUT2D eigenvalue weighted by atomic mass is 79.9. The van der Waals surface area contributed by atoms with Crippen LogP contribution in [0.5, 0.6) is 0 Å². The predicted molar refractivity (Wildman–Crippen MR) is 115 cm³/mol. The molecule has 28 heavy (non-hydrogen) atoms. The first-order chi connectivity index (χ1) is 13.5. The van der Waals surface area contributed by atoms with Crippen molar-refractivity contribution in [3.63, 3.8) is 0 Å². The first kappa shape index (κ1) is 20.0. The van der Waals surface area contributed by atoms with Crippen molar-refractivity contribution in [1.82, 2.24) is 0 Å². The molecule has 142 valence electrons. The molecule has 5 heteroatoms. The van der Waals surface area contributed by atoms with Crippen LogP contribution in [-0.2, 0) is 15.2 Å². The third-order valence-corrected chi connectivity index (χ3v) is 5.01. The van der Waals surface area contributed by atoms with Gasteiger partial charge in [0.2, 0.25) is 0 Å². The Morgan fingerprint density at radius 2 is 1.93 bits per heavy atom. The van der Waals surface area contributed by atoms with Crippen LogP contribution in [0.2, 0.25) is 0 Å². The quantitative estimate of drug-likeness (QED) is 0.396. The van der Waals surface area contributed by atoms with E-state index < -0.39 is 11.5 Å². The summed E-state index contributed by atoms with van der Waals surface area (Å²) < 4.78 is 0.728. The number of amides is 1. The summed E-state index contributed by atoms with van der Waals surface area (Å²) in [5.41, 5.74) is 0.155. The number of carbonyl (C=O) groups excluding carboxylic acids is 2. The summed E-state index contributed by atoms with van der Waals surface area (Å²) in [6.45, 7) is 3.93. The number of fused-ring (bicyclic) bond motifs is 1. The molecule has 0 bridgehead atoms. The van der Waals surface area contributed by atoms with E-state index in [4.69, 9.17) is 0 Å². The number of ketones is 1. The standard InChI is InChI=1S/C23H20BrNO3/c1-2-14-25-21-13-12-18(24)15-20(21)23(28,22(25)27)16-19(26)11-7-6-10-17-8-4-3-5-9-17/h2-13,15,28H,1,14,16H2/b10-6+,11-7+/t23-/m0/s1. The Hall–Kier alpha value is -2.76. The van der Waals surface area contributed by atoms with E-state index in [9.17, 15) is 14.7 Å². The lowest BCUT2D eigenvalue weighted by molar-refractivity contribution is -0.140. The molecule has 1 aliphatic heterocycles. The van der Waals surface area contributed by atoms with Crippen LogP contribution < -0.4 is 4.90 Å². The fourth-order valence-corrected chi connectivity index (χ4v) is 3.57. The highest BCUT2D eigenvalue weighted by Gasteiger charge is 2.50. The molecule has 0 unspecified atom stereocenters. The molecule has 3 rings (SSSR count). The molecule has 0 aromatic heterocycles. The minimum Gasteiger partial charge on any atom is -0.375 e. The van der Waals surface area contributed by atoms with Gasteiger partial charge in [0.05, 0.1) is 12.1 Å². The molecule has 1 aliphatic rings. The first-order valence-electron chi connectivity index (χ1n) is 8.83. The molecule has 0 spiro atoms. The van der Waals surface area contributed by atoms with E-state index in [-0.39, 0.29) is 18.7 Å². The number of halogens is 1. The van der Waals surface area contributed by atoms with Gasteiger partial charge in [-0.1, -0.05) is 70.6 Å². The summed E-state index contributed by atoms with van der Waals surface area (Å²) in [4.78, 5) is 26.7. The number of allylic oxidation sites excluding steroid dienone is 3.